The lowest BCUT2D eigenvalue weighted by atomic mass is 9.96. The van der Waals surface area contributed by atoms with Gasteiger partial charge >= 0.3 is 17.9 Å². The number of hydrogen-bond donors (Lipinski definition) is 6. The van der Waals surface area contributed by atoms with Gasteiger partial charge in [-0.1, -0.05) is 0 Å². The van der Waals surface area contributed by atoms with Gasteiger partial charge in [-0.05, 0) is 0 Å². The lowest BCUT2D eigenvalue weighted by Gasteiger charge is -2.18. The van der Waals surface area contributed by atoms with Crippen molar-refractivity contribution in [3.8, 4) is 0 Å². The zero-order valence-corrected chi connectivity index (χ0v) is 10.5. The van der Waals surface area contributed by atoms with Gasteiger partial charge in [-0.3, -0.25) is 14.4 Å². The van der Waals surface area contributed by atoms with E-state index in [9.17, 15) is 14.4 Å². The normalized spacial score (nSPS) is 9.05. The number of carbonyl (C=O) groups is 4. The number of aliphatic carboxylic acids is 4. The Morgan fingerprint density at radius 2 is 1.19 bits per heavy atom. The molecule has 0 amide bonds. The minimum Gasteiger partial charge on any atom is -0.481 e. The first-order chi connectivity index (χ1) is 9.24. The van der Waals surface area contributed by atoms with Crippen LogP contribution in [-0.2, 0) is 19.2 Å². The van der Waals surface area contributed by atoms with E-state index in [-0.39, 0.29) is 0 Å². The maximum Gasteiger partial charge on any atom is 0.336 e. The third-order valence-electron chi connectivity index (χ3n) is 1.29. The Hall–Kier alpha value is -2.96. The Kier molecular flexibility index (Phi) is 12.0. The molecule has 0 aliphatic rings. The summed E-state index contributed by atoms with van der Waals surface area (Å²) in [6, 6.07) is 0. The van der Waals surface area contributed by atoms with E-state index in [1.54, 1.807) is 0 Å². The molecule has 21 heavy (non-hydrogen) atoms. The van der Waals surface area contributed by atoms with Gasteiger partial charge < -0.3 is 30.7 Å². The molecule has 0 saturated carbocycles. The molecule has 13 nitrogen and oxygen atoms in total. The molecular formula is C8H13NO12. The topological polar surface area (TPSA) is 233 Å². The van der Waals surface area contributed by atoms with Gasteiger partial charge in [0, 0.05) is 6.92 Å². The van der Waals surface area contributed by atoms with Crippen LogP contribution in [0.4, 0.5) is 0 Å². The van der Waals surface area contributed by atoms with Crippen molar-refractivity contribution in [3.63, 3.8) is 0 Å². The molecule has 13 heteroatoms. The second kappa shape index (κ2) is 10.9. The van der Waals surface area contributed by atoms with Gasteiger partial charge in [0.05, 0.1) is 12.8 Å². The van der Waals surface area contributed by atoms with Crippen LogP contribution in [0.3, 0.4) is 0 Å². The maximum atomic E-state index is 10.3. The van der Waals surface area contributed by atoms with E-state index in [4.69, 9.17) is 45.6 Å². The molecule has 0 heterocycles. The summed E-state index contributed by atoms with van der Waals surface area (Å²) in [4.78, 5) is 47.8. The highest BCUT2D eigenvalue weighted by Crippen LogP contribution is 2.15. The third kappa shape index (κ3) is 22.7. The Balaban J connectivity index is -0.000000334. The van der Waals surface area contributed by atoms with E-state index >= 15 is 0 Å². The smallest absolute Gasteiger partial charge is 0.336 e. The predicted octanol–water partition coefficient (Wildman–Crippen LogP) is -1.51. The third-order valence-corrected chi connectivity index (χ3v) is 1.29. The summed E-state index contributed by atoms with van der Waals surface area (Å²) in [6.45, 7) is 1.08. The van der Waals surface area contributed by atoms with Crippen molar-refractivity contribution in [3.05, 3.63) is 10.1 Å². The van der Waals surface area contributed by atoms with Gasteiger partial charge in [-0.15, -0.1) is 10.1 Å². The van der Waals surface area contributed by atoms with Crippen LogP contribution in [0.15, 0.2) is 0 Å². The van der Waals surface area contributed by atoms with Crippen LogP contribution in [0.2, 0.25) is 0 Å². The number of rotatable bonds is 5. The summed E-state index contributed by atoms with van der Waals surface area (Å²) < 4.78 is 0. The average Bonchev–Trinajstić information content (AvgIpc) is 2.11. The highest BCUT2D eigenvalue weighted by Gasteiger charge is 2.40. The van der Waals surface area contributed by atoms with Crippen molar-refractivity contribution in [1.29, 1.82) is 0 Å². The van der Waals surface area contributed by atoms with E-state index in [2.05, 4.69) is 0 Å². The molecule has 0 aromatic heterocycles. The van der Waals surface area contributed by atoms with E-state index in [0.717, 1.165) is 6.92 Å². The van der Waals surface area contributed by atoms with Crippen LogP contribution < -0.4 is 0 Å². The van der Waals surface area contributed by atoms with E-state index in [1.807, 2.05) is 0 Å². The van der Waals surface area contributed by atoms with Gasteiger partial charge in [0.2, 0.25) is 0 Å². The molecule has 6 N–H and O–H groups in total. The SMILES string of the molecule is CC(=O)O.O=C(O)CC(O)(CC(=O)O)C(=O)O.O=[N+]([O-])O. The predicted molar refractivity (Wildman–Crippen MR) is 59.2 cm³/mol. The van der Waals surface area contributed by atoms with Gasteiger partial charge in [0.15, 0.2) is 5.60 Å². The fourth-order valence-corrected chi connectivity index (χ4v) is 0.714. The molecule has 0 aliphatic carbocycles. The summed E-state index contributed by atoms with van der Waals surface area (Å²) in [6.07, 6.45) is -2.29. The highest BCUT2D eigenvalue weighted by molar-refractivity contribution is 5.88. The summed E-state index contributed by atoms with van der Waals surface area (Å²) >= 11 is 0. The van der Waals surface area contributed by atoms with Gasteiger partial charge in [-0.25, -0.2) is 4.79 Å². The van der Waals surface area contributed by atoms with E-state index < -0.39 is 47.4 Å². The maximum absolute atomic E-state index is 10.3. The standard InChI is InChI=1S/C6H8O7.C2H4O2.HNO3/c7-3(8)1-6(13,5(11)12)2-4(9)10;1-2(3)4;2-1(3)4/h13H,1-2H2,(H,7,8)(H,9,10)(H,11,12);1H3,(H,3,4);(H,2,3,4). The lowest BCUT2D eigenvalue weighted by Crippen LogP contribution is -2.42. The Morgan fingerprint density at radius 3 is 1.29 bits per heavy atom. The summed E-state index contributed by atoms with van der Waals surface area (Å²) in [7, 11) is 0. The monoisotopic (exact) mass is 315 g/mol. The molecule has 0 saturated heterocycles. The average molecular weight is 315 g/mol. The minimum absolute atomic E-state index is 0.833. The molecule has 0 aromatic rings. The minimum atomic E-state index is -2.74. The molecule has 0 atom stereocenters. The van der Waals surface area contributed by atoms with Crippen LogP contribution in [0, 0.1) is 10.1 Å². The Morgan fingerprint density at radius 1 is 1.00 bits per heavy atom. The number of nitrogens with zero attached hydrogens (tertiary/aromatic N) is 1. The number of carboxylic acids is 4. The zero-order valence-electron chi connectivity index (χ0n) is 10.5. The number of carboxylic acid groups (broad SMARTS) is 4. The van der Waals surface area contributed by atoms with Crippen molar-refractivity contribution in [2.75, 3.05) is 0 Å². The van der Waals surface area contributed by atoms with Gasteiger partial charge in [0.1, 0.15) is 0 Å². The summed E-state index contributed by atoms with van der Waals surface area (Å²) in [5.41, 5.74) is -2.74. The first kappa shape index (κ1) is 23.2. The molecule has 0 rings (SSSR count). The van der Waals surface area contributed by atoms with Crippen molar-refractivity contribution in [2.24, 2.45) is 0 Å². The Bertz CT molecular complexity index is 366. The van der Waals surface area contributed by atoms with Crippen LogP contribution in [-0.4, -0.2) is 65.3 Å². The molecular weight excluding hydrogens is 302 g/mol. The van der Waals surface area contributed by atoms with Crippen molar-refractivity contribution in [2.45, 2.75) is 25.4 Å². The molecule has 0 aromatic carbocycles. The van der Waals surface area contributed by atoms with Crippen molar-refractivity contribution >= 4 is 23.9 Å². The first-order valence-electron chi connectivity index (χ1n) is 4.66. The molecule has 0 radical (unpaired) electrons. The second-order valence-electron chi connectivity index (χ2n) is 3.23. The van der Waals surface area contributed by atoms with Crippen molar-refractivity contribution < 1.29 is 55.0 Å². The number of aliphatic hydroxyl groups is 1. The van der Waals surface area contributed by atoms with Gasteiger partial charge in [-0.2, -0.15) is 0 Å². The fourth-order valence-electron chi connectivity index (χ4n) is 0.714. The van der Waals surface area contributed by atoms with E-state index in [0.29, 0.717) is 0 Å². The van der Waals surface area contributed by atoms with Crippen LogP contribution in [0.25, 0.3) is 0 Å². The van der Waals surface area contributed by atoms with Gasteiger partial charge in [0.25, 0.3) is 11.1 Å². The molecule has 122 valence electrons. The number of hydrogen-bond acceptors (Lipinski definition) is 7. The molecule has 0 fully saturated rings. The Labute approximate surface area is 115 Å². The zero-order chi connectivity index (χ0) is 17.8. The van der Waals surface area contributed by atoms with Crippen LogP contribution in [0.5, 0.6) is 0 Å². The highest BCUT2D eigenvalue weighted by atomic mass is 16.9. The summed E-state index contributed by atoms with van der Waals surface area (Å²) in [5.74, 6) is -5.85. The van der Waals surface area contributed by atoms with Crippen molar-refractivity contribution in [1.82, 2.24) is 0 Å². The summed E-state index contributed by atoms with van der Waals surface area (Å²) in [5, 5.41) is 54.9. The molecule has 0 unspecified atom stereocenters. The largest absolute Gasteiger partial charge is 0.481 e. The van der Waals surface area contributed by atoms with Crippen LogP contribution in [0.1, 0.15) is 19.8 Å². The first-order valence-corrected chi connectivity index (χ1v) is 4.66. The van der Waals surface area contributed by atoms with E-state index in [1.165, 1.54) is 0 Å². The molecule has 0 aliphatic heterocycles. The lowest BCUT2D eigenvalue weighted by molar-refractivity contribution is -0.742. The quantitative estimate of drug-likeness (QED) is 0.251. The molecule has 0 spiro atoms. The fraction of sp³-hybridized carbons (Fsp3) is 0.500. The van der Waals surface area contributed by atoms with Crippen LogP contribution >= 0.6 is 0 Å². The second-order valence-corrected chi connectivity index (χ2v) is 3.23. The molecule has 0 bridgehead atoms.